The van der Waals surface area contributed by atoms with Crippen LogP contribution in [0.3, 0.4) is 0 Å². The third kappa shape index (κ3) is 3.43. The summed E-state index contributed by atoms with van der Waals surface area (Å²) < 4.78 is 6.78. The number of amides is 1. The van der Waals surface area contributed by atoms with Crippen molar-refractivity contribution in [2.75, 3.05) is 13.1 Å². The number of hydrogen-bond donors (Lipinski definition) is 1. The Balaban J connectivity index is 1.59. The lowest BCUT2D eigenvalue weighted by Gasteiger charge is -2.37. The fraction of sp³-hybridized carbons (Fsp3) is 0.250. The highest BCUT2D eigenvalue weighted by Crippen LogP contribution is 2.34. The number of thiophene rings is 1. The van der Waals surface area contributed by atoms with Crippen molar-refractivity contribution >= 4 is 28.8 Å². The van der Waals surface area contributed by atoms with E-state index in [1.54, 1.807) is 6.20 Å². The fourth-order valence-corrected chi connectivity index (χ4v) is 4.42. The molecular formula is C20H19ClN2O2S. The van der Waals surface area contributed by atoms with E-state index in [-0.39, 0.29) is 18.1 Å². The molecule has 6 heteroatoms. The molecule has 1 saturated heterocycles. The quantitative estimate of drug-likeness (QED) is 0.688. The first-order chi connectivity index (χ1) is 12.6. The second kappa shape index (κ2) is 7.27. The Bertz CT molecular complexity index is 905. The molecule has 0 aliphatic carbocycles. The minimum absolute atomic E-state index is 0.0156. The van der Waals surface area contributed by atoms with Gasteiger partial charge in [-0.25, -0.2) is 0 Å². The number of halogens is 1. The first-order valence-corrected chi connectivity index (χ1v) is 9.73. The molecule has 26 heavy (non-hydrogen) atoms. The maximum Gasteiger partial charge on any atom is 0.256 e. The molecule has 4 nitrogen and oxygen atoms in total. The van der Waals surface area contributed by atoms with Gasteiger partial charge >= 0.3 is 0 Å². The van der Waals surface area contributed by atoms with Gasteiger partial charge in [0.15, 0.2) is 0 Å². The number of morpholine rings is 1. The zero-order chi connectivity index (χ0) is 18.1. The van der Waals surface area contributed by atoms with Gasteiger partial charge in [-0.3, -0.25) is 4.79 Å². The van der Waals surface area contributed by atoms with E-state index in [0.717, 1.165) is 16.0 Å². The minimum atomic E-state index is -0.109. The van der Waals surface area contributed by atoms with E-state index in [2.05, 4.69) is 4.98 Å². The maximum absolute atomic E-state index is 13.2. The van der Waals surface area contributed by atoms with Crippen molar-refractivity contribution in [1.82, 2.24) is 9.88 Å². The molecule has 2 aromatic heterocycles. The number of nitrogens with one attached hydrogen (secondary N) is 1. The van der Waals surface area contributed by atoms with Gasteiger partial charge in [0.25, 0.3) is 5.91 Å². The SMILES string of the molecule is CC1CN(C(=O)c2c[nH]cc2-c2ccc(Cl)s2)CC(c2ccccc2)O1. The molecule has 4 rings (SSSR count). The number of H-pyrrole nitrogens is 1. The topological polar surface area (TPSA) is 45.3 Å². The number of nitrogens with zero attached hydrogens (tertiary/aromatic N) is 1. The fourth-order valence-electron chi connectivity index (χ4n) is 3.34. The minimum Gasteiger partial charge on any atom is -0.367 e. The van der Waals surface area contributed by atoms with Crippen molar-refractivity contribution in [3.05, 3.63) is 70.3 Å². The molecular weight excluding hydrogens is 368 g/mol. The Kier molecular flexibility index (Phi) is 4.85. The van der Waals surface area contributed by atoms with Gasteiger partial charge in [-0.15, -0.1) is 11.3 Å². The standard InChI is InChI=1S/C20H19ClN2O2S/c1-13-11-23(12-17(25-13)14-5-3-2-4-6-14)20(24)16-10-22-9-15(16)18-7-8-19(21)26-18/h2-10,13,17,22H,11-12H2,1H3. The molecule has 2 atom stereocenters. The number of carbonyl (C=O) groups excluding carboxylic acids is 1. The lowest BCUT2D eigenvalue weighted by atomic mass is 10.1. The third-order valence-electron chi connectivity index (χ3n) is 4.53. The van der Waals surface area contributed by atoms with Crippen molar-refractivity contribution in [2.45, 2.75) is 19.1 Å². The number of aromatic nitrogens is 1. The number of carbonyl (C=O) groups is 1. The molecule has 134 valence electrons. The molecule has 3 heterocycles. The van der Waals surface area contributed by atoms with Gasteiger partial charge in [0.2, 0.25) is 0 Å². The third-order valence-corrected chi connectivity index (χ3v) is 5.80. The first-order valence-electron chi connectivity index (χ1n) is 8.54. The first kappa shape index (κ1) is 17.3. The Morgan fingerprint density at radius 3 is 2.73 bits per heavy atom. The van der Waals surface area contributed by atoms with Crippen LogP contribution in [0.1, 0.15) is 28.9 Å². The lowest BCUT2D eigenvalue weighted by Crippen LogP contribution is -2.46. The van der Waals surface area contributed by atoms with E-state index < -0.39 is 0 Å². The molecule has 1 aromatic carbocycles. The highest BCUT2D eigenvalue weighted by atomic mass is 35.5. The molecule has 2 unspecified atom stereocenters. The van der Waals surface area contributed by atoms with Crippen molar-refractivity contribution < 1.29 is 9.53 Å². The van der Waals surface area contributed by atoms with Crippen LogP contribution in [-0.2, 0) is 4.74 Å². The molecule has 0 bridgehead atoms. The van der Waals surface area contributed by atoms with Crippen LogP contribution in [-0.4, -0.2) is 35.0 Å². The van der Waals surface area contributed by atoms with Crippen LogP contribution in [0.5, 0.6) is 0 Å². The second-order valence-electron chi connectivity index (χ2n) is 6.44. The Hall–Kier alpha value is -2.08. The summed E-state index contributed by atoms with van der Waals surface area (Å²) in [6.45, 7) is 3.13. The second-order valence-corrected chi connectivity index (χ2v) is 8.16. The predicted octanol–water partition coefficient (Wildman–Crippen LogP) is 5.00. The van der Waals surface area contributed by atoms with Crippen molar-refractivity contribution in [1.29, 1.82) is 0 Å². The molecule has 1 aliphatic rings. The molecule has 0 saturated carbocycles. The number of rotatable bonds is 3. The van der Waals surface area contributed by atoms with Gasteiger partial charge < -0.3 is 14.6 Å². The molecule has 1 aliphatic heterocycles. The average Bonchev–Trinajstić information content (AvgIpc) is 3.30. The summed E-state index contributed by atoms with van der Waals surface area (Å²) in [4.78, 5) is 19.1. The maximum atomic E-state index is 13.2. The molecule has 0 radical (unpaired) electrons. The van der Waals surface area contributed by atoms with E-state index in [0.29, 0.717) is 23.0 Å². The summed E-state index contributed by atoms with van der Waals surface area (Å²) >= 11 is 7.53. The van der Waals surface area contributed by atoms with Gasteiger partial charge in [0.1, 0.15) is 6.10 Å². The number of aromatic amines is 1. The van der Waals surface area contributed by atoms with Crippen LogP contribution in [0.15, 0.2) is 54.9 Å². The summed E-state index contributed by atoms with van der Waals surface area (Å²) in [5.74, 6) is 0.0156. The van der Waals surface area contributed by atoms with Crippen LogP contribution in [0.2, 0.25) is 4.34 Å². The van der Waals surface area contributed by atoms with E-state index in [4.69, 9.17) is 16.3 Å². The summed E-state index contributed by atoms with van der Waals surface area (Å²) in [6, 6.07) is 13.9. The Morgan fingerprint density at radius 2 is 2.00 bits per heavy atom. The van der Waals surface area contributed by atoms with Crippen molar-refractivity contribution in [3.63, 3.8) is 0 Å². The van der Waals surface area contributed by atoms with E-state index in [1.807, 2.05) is 60.5 Å². The van der Waals surface area contributed by atoms with Gasteiger partial charge in [-0.05, 0) is 24.6 Å². The summed E-state index contributed by atoms with van der Waals surface area (Å²) in [5.41, 5.74) is 2.66. The van der Waals surface area contributed by atoms with Crippen LogP contribution < -0.4 is 0 Å². The molecule has 1 fully saturated rings. The van der Waals surface area contributed by atoms with Gasteiger partial charge in [0.05, 0.1) is 22.5 Å². The van der Waals surface area contributed by atoms with Crippen LogP contribution in [0.25, 0.3) is 10.4 Å². The Labute approximate surface area is 161 Å². The zero-order valence-electron chi connectivity index (χ0n) is 14.3. The van der Waals surface area contributed by atoms with Crippen molar-refractivity contribution in [2.24, 2.45) is 0 Å². The number of benzene rings is 1. The largest absolute Gasteiger partial charge is 0.367 e. The van der Waals surface area contributed by atoms with Gasteiger partial charge in [0, 0.05) is 29.4 Å². The Morgan fingerprint density at radius 1 is 1.19 bits per heavy atom. The lowest BCUT2D eigenvalue weighted by molar-refractivity contribution is -0.0691. The molecule has 1 N–H and O–H groups in total. The monoisotopic (exact) mass is 386 g/mol. The van der Waals surface area contributed by atoms with Gasteiger partial charge in [-0.1, -0.05) is 41.9 Å². The summed E-state index contributed by atoms with van der Waals surface area (Å²) in [6.07, 6.45) is 3.50. The number of hydrogen-bond acceptors (Lipinski definition) is 3. The van der Waals surface area contributed by atoms with Gasteiger partial charge in [-0.2, -0.15) is 0 Å². The highest BCUT2D eigenvalue weighted by molar-refractivity contribution is 7.19. The van der Waals surface area contributed by atoms with Crippen LogP contribution in [0, 0.1) is 0 Å². The highest BCUT2D eigenvalue weighted by Gasteiger charge is 2.31. The van der Waals surface area contributed by atoms with Crippen molar-refractivity contribution in [3.8, 4) is 10.4 Å². The van der Waals surface area contributed by atoms with E-state index in [9.17, 15) is 4.79 Å². The summed E-state index contributed by atoms with van der Waals surface area (Å²) in [5, 5.41) is 0. The average molecular weight is 387 g/mol. The molecule has 3 aromatic rings. The van der Waals surface area contributed by atoms with E-state index >= 15 is 0 Å². The predicted molar refractivity (Wildman–Crippen MR) is 105 cm³/mol. The van der Waals surface area contributed by atoms with E-state index in [1.165, 1.54) is 11.3 Å². The molecule has 1 amide bonds. The zero-order valence-corrected chi connectivity index (χ0v) is 15.9. The summed E-state index contributed by atoms with van der Waals surface area (Å²) in [7, 11) is 0. The normalized spacial score (nSPS) is 20.3. The molecule has 0 spiro atoms. The smallest absolute Gasteiger partial charge is 0.256 e. The van der Waals surface area contributed by atoms with Crippen LogP contribution >= 0.6 is 22.9 Å². The number of ether oxygens (including phenoxy) is 1. The van der Waals surface area contributed by atoms with Crippen LogP contribution in [0.4, 0.5) is 0 Å².